The Bertz CT molecular complexity index is 468. The van der Waals surface area contributed by atoms with Crippen LogP contribution in [-0.2, 0) is 0 Å². The monoisotopic (exact) mass is 276 g/mol. The average molecular weight is 276 g/mol. The smallest absolute Gasteiger partial charge is 0.321 e. The van der Waals surface area contributed by atoms with E-state index in [1.54, 1.807) is 38.3 Å². The maximum absolute atomic E-state index is 9.11. The molecule has 0 aliphatic carbocycles. The molecule has 0 aromatic heterocycles. The Labute approximate surface area is 119 Å². The number of ether oxygens (including phenoxy) is 2. The highest BCUT2D eigenvalue weighted by atomic mass is 16.8. The summed E-state index contributed by atoms with van der Waals surface area (Å²) in [6.07, 6.45) is 0.127. The first-order valence-electron chi connectivity index (χ1n) is 6.35. The van der Waals surface area contributed by atoms with E-state index in [9.17, 15) is 0 Å². The van der Waals surface area contributed by atoms with E-state index in [-0.39, 0.29) is 6.42 Å². The van der Waals surface area contributed by atoms with E-state index < -0.39 is 5.97 Å². The van der Waals surface area contributed by atoms with Crippen molar-refractivity contribution in [1.29, 1.82) is 0 Å². The van der Waals surface area contributed by atoms with Gasteiger partial charge in [-0.2, -0.15) is 0 Å². The molecular weight excluding hydrogens is 256 g/mol. The van der Waals surface area contributed by atoms with Gasteiger partial charge in [0, 0.05) is 6.42 Å². The fourth-order valence-electron chi connectivity index (χ4n) is 1.31. The molecule has 0 unspecified atom stereocenters. The highest BCUT2D eigenvalue weighted by Crippen LogP contribution is 2.16. The van der Waals surface area contributed by atoms with Crippen LogP contribution in [0.3, 0.4) is 0 Å². The van der Waals surface area contributed by atoms with E-state index in [2.05, 4.69) is 0 Å². The quantitative estimate of drug-likeness (QED) is 0.843. The summed E-state index contributed by atoms with van der Waals surface area (Å²) in [6, 6.07) is 18.4. The largest absolute Gasteiger partial charge is 0.497 e. The second-order valence-electron chi connectivity index (χ2n) is 4.03. The number of rotatable bonds is 4. The third kappa shape index (κ3) is 6.22. The van der Waals surface area contributed by atoms with Gasteiger partial charge < -0.3 is 19.7 Å². The van der Waals surface area contributed by atoms with E-state index in [0.29, 0.717) is 5.75 Å². The summed E-state index contributed by atoms with van der Waals surface area (Å²) >= 11 is 0. The fraction of sp³-hybridized carbons (Fsp3) is 0.250. The molecule has 0 atom stereocenters. The van der Waals surface area contributed by atoms with Crippen LogP contribution in [0.5, 0.6) is 11.5 Å². The Hall–Kier alpha value is -2.04. The van der Waals surface area contributed by atoms with Crippen molar-refractivity contribution in [2.45, 2.75) is 19.3 Å². The summed E-state index contributed by atoms with van der Waals surface area (Å²) in [5.74, 6) is -0.696. The molecule has 0 amide bonds. The number of hydrogen-bond donors (Lipinski definition) is 2. The number of methoxy groups -OCH3 is 1. The van der Waals surface area contributed by atoms with Crippen molar-refractivity contribution in [2.24, 2.45) is 0 Å². The lowest BCUT2D eigenvalue weighted by atomic mass is 10.3. The lowest BCUT2D eigenvalue weighted by Gasteiger charge is -2.20. The molecule has 2 aromatic rings. The molecule has 0 saturated heterocycles. The molecule has 4 nitrogen and oxygen atoms in total. The summed E-state index contributed by atoms with van der Waals surface area (Å²) in [5, 5.41) is 18.2. The van der Waals surface area contributed by atoms with Crippen LogP contribution < -0.4 is 9.47 Å². The first-order valence-corrected chi connectivity index (χ1v) is 6.35. The van der Waals surface area contributed by atoms with Crippen LogP contribution in [0, 0.1) is 0 Å². The normalized spacial score (nSPS) is 10.2. The maximum atomic E-state index is 9.11. The molecule has 0 bridgehead atoms. The molecule has 2 aromatic carbocycles. The Balaban J connectivity index is 0.000000217. The van der Waals surface area contributed by atoms with Crippen LogP contribution >= 0.6 is 0 Å². The van der Waals surface area contributed by atoms with Gasteiger partial charge in [-0.3, -0.25) is 0 Å². The van der Waals surface area contributed by atoms with Gasteiger partial charge in [-0.05, 0) is 24.3 Å². The van der Waals surface area contributed by atoms with Crippen LogP contribution in [0.25, 0.3) is 0 Å². The van der Waals surface area contributed by atoms with Gasteiger partial charge in [0.2, 0.25) is 0 Å². The summed E-state index contributed by atoms with van der Waals surface area (Å²) in [7, 11) is 1.66. The lowest BCUT2D eigenvalue weighted by molar-refractivity contribution is -0.292. The van der Waals surface area contributed by atoms with Crippen molar-refractivity contribution >= 4 is 0 Å². The van der Waals surface area contributed by atoms with Gasteiger partial charge in [-0.1, -0.05) is 43.3 Å². The van der Waals surface area contributed by atoms with Gasteiger partial charge in [0.05, 0.1) is 7.11 Å². The number of benzene rings is 2. The topological polar surface area (TPSA) is 58.9 Å². The van der Waals surface area contributed by atoms with Gasteiger partial charge in [0.25, 0.3) is 0 Å². The molecule has 0 radical (unpaired) electrons. The number of para-hydroxylation sites is 2. The first kappa shape index (κ1) is 16.0. The zero-order valence-corrected chi connectivity index (χ0v) is 11.7. The van der Waals surface area contributed by atoms with E-state index in [0.717, 1.165) is 5.75 Å². The van der Waals surface area contributed by atoms with Gasteiger partial charge in [-0.15, -0.1) is 0 Å². The summed E-state index contributed by atoms with van der Waals surface area (Å²) in [5.41, 5.74) is 0. The zero-order chi connectivity index (χ0) is 14.8. The van der Waals surface area contributed by atoms with Crippen molar-refractivity contribution in [1.82, 2.24) is 0 Å². The molecule has 0 fully saturated rings. The van der Waals surface area contributed by atoms with Crippen molar-refractivity contribution in [3.8, 4) is 11.5 Å². The molecule has 20 heavy (non-hydrogen) atoms. The number of aliphatic hydroxyl groups is 2. The second-order valence-corrected chi connectivity index (χ2v) is 4.03. The minimum Gasteiger partial charge on any atom is -0.497 e. The van der Waals surface area contributed by atoms with E-state index in [4.69, 9.17) is 19.7 Å². The molecule has 4 heteroatoms. The van der Waals surface area contributed by atoms with E-state index >= 15 is 0 Å². The van der Waals surface area contributed by atoms with Crippen LogP contribution in [-0.4, -0.2) is 23.3 Å². The average Bonchev–Trinajstić information content (AvgIpc) is 2.49. The Kier molecular flexibility index (Phi) is 6.56. The Morgan fingerprint density at radius 2 is 1.30 bits per heavy atom. The second kappa shape index (κ2) is 8.19. The van der Waals surface area contributed by atoms with Crippen molar-refractivity contribution in [2.75, 3.05) is 7.11 Å². The fourth-order valence-corrected chi connectivity index (χ4v) is 1.31. The first-order chi connectivity index (χ1) is 9.57. The van der Waals surface area contributed by atoms with Gasteiger partial charge >= 0.3 is 5.97 Å². The minimum atomic E-state index is -2.05. The van der Waals surface area contributed by atoms with E-state index in [1.165, 1.54) is 0 Å². The van der Waals surface area contributed by atoms with Crippen molar-refractivity contribution in [3.05, 3.63) is 60.7 Å². The number of hydrogen-bond acceptors (Lipinski definition) is 4. The standard InChI is InChI=1S/C9H12O3.C7H8O/c1-2-9(10,11)12-8-6-4-3-5-7-8;1-8-7-5-3-2-4-6-7/h3-7,10-11H,2H2,1H3;2-6H,1H3. The molecule has 108 valence electrons. The SMILES string of the molecule is CCC(O)(O)Oc1ccccc1.COc1ccccc1. The third-order valence-corrected chi connectivity index (χ3v) is 2.46. The lowest BCUT2D eigenvalue weighted by Crippen LogP contribution is -2.34. The van der Waals surface area contributed by atoms with Gasteiger partial charge in [0.1, 0.15) is 11.5 Å². The van der Waals surface area contributed by atoms with Crippen LogP contribution in [0.2, 0.25) is 0 Å². The molecule has 0 heterocycles. The van der Waals surface area contributed by atoms with Crippen molar-refractivity contribution in [3.63, 3.8) is 0 Å². The molecular formula is C16H20O4. The Morgan fingerprint density at radius 3 is 1.65 bits per heavy atom. The van der Waals surface area contributed by atoms with Crippen LogP contribution in [0.1, 0.15) is 13.3 Å². The molecule has 0 aliphatic heterocycles. The molecule has 0 spiro atoms. The van der Waals surface area contributed by atoms with Crippen LogP contribution in [0.15, 0.2) is 60.7 Å². The van der Waals surface area contributed by atoms with E-state index in [1.807, 2.05) is 36.4 Å². The summed E-state index contributed by atoms with van der Waals surface area (Å²) in [4.78, 5) is 0. The molecule has 2 rings (SSSR count). The molecule has 2 N–H and O–H groups in total. The predicted molar refractivity (Wildman–Crippen MR) is 77.5 cm³/mol. The summed E-state index contributed by atoms with van der Waals surface area (Å²) < 4.78 is 9.78. The zero-order valence-electron chi connectivity index (χ0n) is 11.7. The highest BCUT2D eigenvalue weighted by Gasteiger charge is 2.21. The Morgan fingerprint density at radius 1 is 0.850 bits per heavy atom. The summed E-state index contributed by atoms with van der Waals surface area (Å²) in [6.45, 7) is 1.63. The van der Waals surface area contributed by atoms with Gasteiger partial charge in [-0.25, -0.2) is 0 Å². The van der Waals surface area contributed by atoms with Crippen molar-refractivity contribution < 1.29 is 19.7 Å². The van der Waals surface area contributed by atoms with Gasteiger partial charge in [0.15, 0.2) is 0 Å². The maximum Gasteiger partial charge on any atom is 0.321 e. The predicted octanol–water partition coefficient (Wildman–Crippen LogP) is 2.81. The van der Waals surface area contributed by atoms with Crippen LogP contribution in [0.4, 0.5) is 0 Å². The minimum absolute atomic E-state index is 0.127. The highest BCUT2D eigenvalue weighted by molar-refractivity contribution is 5.21. The molecule has 0 aliphatic rings. The molecule has 0 saturated carbocycles. The third-order valence-electron chi connectivity index (χ3n) is 2.46.